The lowest BCUT2D eigenvalue weighted by Crippen LogP contribution is -2.50. The number of carbonyl (C=O) groups is 1. The van der Waals surface area contributed by atoms with Gasteiger partial charge in [-0.1, -0.05) is 6.92 Å². The van der Waals surface area contributed by atoms with E-state index < -0.39 is 0 Å². The lowest BCUT2D eigenvalue weighted by Gasteiger charge is -2.35. The van der Waals surface area contributed by atoms with Crippen LogP contribution in [0.5, 0.6) is 0 Å². The summed E-state index contributed by atoms with van der Waals surface area (Å²) in [5.74, 6) is 2.28. The molecule has 5 heteroatoms. The number of amides is 1. The summed E-state index contributed by atoms with van der Waals surface area (Å²) in [5.41, 5.74) is 0. The van der Waals surface area contributed by atoms with Crippen LogP contribution in [0.2, 0.25) is 0 Å². The second kappa shape index (κ2) is 4.30. The van der Waals surface area contributed by atoms with E-state index in [1.165, 1.54) is 0 Å². The number of hydrogen-bond acceptors (Lipinski definition) is 3. The van der Waals surface area contributed by atoms with Crippen molar-refractivity contribution in [2.24, 2.45) is 18.9 Å². The number of imidazole rings is 1. The topological polar surface area (TPSA) is 41.4 Å². The molecule has 0 aromatic carbocycles. The maximum absolute atomic E-state index is 12.1. The average Bonchev–Trinajstić information content (AvgIpc) is 2.95. The molecule has 1 saturated heterocycles. The third-order valence-corrected chi connectivity index (χ3v) is 4.10. The van der Waals surface area contributed by atoms with Crippen molar-refractivity contribution < 1.29 is 4.79 Å². The number of carbonyl (C=O) groups excluding carboxylic acids is 1. The minimum Gasteiger partial charge on any atom is -0.339 e. The Balaban J connectivity index is 1.58. The summed E-state index contributed by atoms with van der Waals surface area (Å²) in [4.78, 5) is 20.7. The van der Waals surface area contributed by atoms with Crippen LogP contribution in [0, 0.1) is 11.8 Å². The van der Waals surface area contributed by atoms with Gasteiger partial charge in [0.2, 0.25) is 11.9 Å². The Morgan fingerprint density at radius 3 is 2.50 bits per heavy atom. The van der Waals surface area contributed by atoms with Crippen LogP contribution in [-0.4, -0.2) is 46.5 Å². The fraction of sp³-hybridized carbons (Fsp3) is 0.692. The van der Waals surface area contributed by atoms with Gasteiger partial charge in [-0.05, 0) is 12.3 Å². The number of rotatable bonds is 2. The minimum absolute atomic E-state index is 0.310. The molecule has 1 saturated carbocycles. The van der Waals surface area contributed by atoms with E-state index in [4.69, 9.17) is 0 Å². The fourth-order valence-electron chi connectivity index (χ4n) is 2.69. The largest absolute Gasteiger partial charge is 0.339 e. The smallest absolute Gasteiger partial charge is 0.226 e. The highest BCUT2D eigenvalue weighted by atomic mass is 16.2. The summed E-state index contributed by atoms with van der Waals surface area (Å²) in [5, 5.41) is 0. The number of aromatic nitrogens is 2. The van der Waals surface area contributed by atoms with Crippen molar-refractivity contribution in [1.82, 2.24) is 14.5 Å². The average molecular weight is 248 g/mol. The molecule has 0 radical (unpaired) electrons. The van der Waals surface area contributed by atoms with Gasteiger partial charge in [-0.3, -0.25) is 4.79 Å². The van der Waals surface area contributed by atoms with Crippen molar-refractivity contribution in [3.05, 3.63) is 12.4 Å². The van der Waals surface area contributed by atoms with Gasteiger partial charge in [0.1, 0.15) is 0 Å². The first kappa shape index (κ1) is 11.6. The highest BCUT2D eigenvalue weighted by Crippen LogP contribution is 2.39. The molecular weight excluding hydrogens is 228 g/mol. The van der Waals surface area contributed by atoms with Crippen LogP contribution in [0.25, 0.3) is 0 Å². The molecule has 18 heavy (non-hydrogen) atoms. The summed E-state index contributed by atoms with van der Waals surface area (Å²) in [6, 6.07) is 0. The van der Waals surface area contributed by atoms with E-state index in [1.54, 1.807) is 0 Å². The summed E-state index contributed by atoms with van der Waals surface area (Å²) in [7, 11) is 2.01. The third kappa shape index (κ3) is 1.98. The molecule has 2 unspecified atom stereocenters. The van der Waals surface area contributed by atoms with E-state index in [9.17, 15) is 4.79 Å². The van der Waals surface area contributed by atoms with Gasteiger partial charge in [-0.2, -0.15) is 0 Å². The third-order valence-electron chi connectivity index (χ3n) is 4.10. The van der Waals surface area contributed by atoms with Crippen LogP contribution < -0.4 is 4.90 Å². The van der Waals surface area contributed by atoms with Gasteiger partial charge in [-0.25, -0.2) is 4.98 Å². The molecule has 2 heterocycles. The van der Waals surface area contributed by atoms with Crippen molar-refractivity contribution in [3.8, 4) is 0 Å². The van der Waals surface area contributed by atoms with Crippen LogP contribution in [-0.2, 0) is 11.8 Å². The van der Waals surface area contributed by atoms with Crippen molar-refractivity contribution in [3.63, 3.8) is 0 Å². The second-order valence-electron chi connectivity index (χ2n) is 5.47. The standard InChI is InChI=1S/C13H20N4O/c1-10-9-11(10)12(18)16-5-7-17(8-6-16)13-14-3-4-15(13)2/h3-4,10-11H,5-9H2,1-2H3. The Morgan fingerprint density at radius 1 is 1.33 bits per heavy atom. The van der Waals surface area contributed by atoms with Gasteiger partial charge in [-0.15, -0.1) is 0 Å². The maximum Gasteiger partial charge on any atom is 0.226 e. The minimum atomic E-state index is 0.310. The normalized spacial score (nSPS) is 27.4. The predicted octanol–water partition coefficient (Wildman–Crippen LogP) is 0.725. The van der Waals surface area contributed by atoms with Gasteiger partial charge < -0.3 is 14.4 Å². The highest BCUT2D eigenvalue weighted by molar-refractivity contribution is 5.81. The van der Waals surface area contributed by atoms with Gasteiger partial charge in [0, 0.05) is 51.5 Å². The van der Waals surface area contributed by atoms with Crippen LogP contribution >= 0.6 is 0 Å². The summed E-state index contributed by atoms with van der Waals surface area (Å²) in [6.07, 6.45) is 4.86. The van der Waals surface area contributed by atoms with Crippen LogP contribution in [0.4, 0.5) is 5.95 Å². The number of nitrogens with zero attached hydrogens (tertiary/aromatic N) is 4. The molecule has 3 rings (SSSR count). The molecule has 98 valence electrons. The molecule has 5 nitrogen and oxygen atoms in total. The lowest BCUT2D eigenvalue weighted by atomic mass is 10.2. The molecule has 1 amide bonds. The van der Waals surface area contributed by atoms with E-state index in [2.05, 4.69) is 16.8 Å². The zero-order chi connectivity index (χ0) is 12.7. The Hall–Kier alpha value is -1.52. The Kier molecular flexibility index (Phi) is 2.76. The Morgan fingerprint density at radius 2 is 2.00 bits per heavy atom. The van der Waals surface area contributed by atoms with Crippen LogP contribution in [0.3, 0.4) is 0 Å². The number of hydrogen-bond donors (Lipinski definition) is 0. The van der Waals surface area contributed by atoms with E-state index >= 15 is 0 Å². The van der Waals surface area contributed by atoms with Crippen molar-refractivity contribution in [2.45, 2.75) is 13.3 Å². The van der Waals surface area contributed by atoms with E-state index in [0.29, 0.717) is 17.7 Å². The summed E-state index contributed by atoms with van der Waals surface area (Å²) < 4.78 is 2.03. The molecule has 2 aliphatic rings. The number of aryl methyl sites for hydroxylation is 1. The molecule has 1 aromatic heterocycles. The monoisotopic (exact) mass is 248 g/mol. The van der Waals surface area contributed by atoms with Crippen LogP contribution in [0.15, 0.2) is 12.4 Å². The van der Waals surface area contributed by atoms with Gasteiger partial charge >= 0.3 is 0 Å². The molecule has 2 fully saturated rings. The van der Waals surface area contributed by atoms with Crippen molar-refractivity contribution in [2.75, 3.05) is 31.1 Å². The molecule has 1 aromatic rings. The molecule has 0 spiro atoms. The first-order valence-corrected chi connectivity index (χ1v) is 6.68. The summed E-state index contributed by atoms with van der Waals surface area (Å²) in [6.45, 7) is 5.59. The molecule has 0 N–H and O–H groups in total. The van der Waals surface area contributed by atoms with E-state index in [1.807, 2.05) is 28.9 Å². The van der Waals surface area contributed by atoms with E-state index in [-0.39, 0.29) is 0 Å². The lowest BCUT2D eigenvalue weighted by molar-refractivity contribution is -0.133. The Bertz CT molecular complexity index is 448. The van der Waals surface area contributed by atoms with E-state index in [0.717, 1.165) is 38.5 Å². The molecule has 2 atom stereocenters. The van der Waals surface area contributed by atoms with Crippen molar-refractivity contribution >= 4 is 11.9 Å². The zero-order valence-electron chi connectivity index (χ0n) is 11.0. The molecule has 1 aliphatic carbocycles. The maximum atomic E-state index is 12.1. The predicted molar refractivity (Wildman–Crippen MR) is 69.3 cm³/mol. The van der Waals surface area contributed by atoms with Crippen LogP contribution in [0.1, 0.15) is 13.3 Å². The first-order chi connectivity index (χ1) is 8.66. The summed E-state index contributed by atoms with van der Waals surface area (Å²) >= 11 is 0. The van der Waals surface area contributed by atoms with Crippen molar-refractivity contribution in [1.29, 1.82) is 0 Å². The quantitative estimate of drug-likeness (QED) is 0.774. The first-order valence-electron chi connectivity index (χ1n) is 6.68. The SMILES string of the molecule is CC1CC1C(=O)N1CCN(c2nccn2C)CC1. The number of piperazine rings is 1. The number of anilines is 1. The molecule has 1 aliphatic heterocycles. The molecular formula is C13H20N4O. The zero-order valence-corrected chi connectivity index (χ0v) is 11.0. The second-order valence-corrected chi connectivity index (χ2v) is 5.47. The highest BCUT2D eigenvalue weighted by Gasteiger charge is 2.42. The van der Waals surface area contributed by atoms with Gasteiger partial charge in [0.15, 0.2) is 0 Å². The fourth-order valence-corrected chi connectivity index (χ4v) is 2.69. The Labute approximate surface area is 107 Å². The van der Waals surface area contributed by atoms with Gasteiger partial charge in [0.05, 0.1) is 0 Å². The molecule has 0 bridgehead atoms. The van der Waals surface area contributed by atoms with Gasteiger partial charge in [0.25, 0.3) is 0 Å².